The van der Waals surface area contributed by atoms with Crippen LogP contribution in [0.2, 0.25) is 0 Å². The van der Waals surface area contributed by atoms with Gasteiger partial charge in [-0.1, -0.05) is 6.07 Å². The molecule has 0 amide bonds. The number of nitrogens with one attached hydrogen (secondary N) is 2. The first-order valence-corrected chi connectivity index (χ1v) is 6.34. The SMILES string of the molecule is COc1ccc(C)cc1Nc1nc[nH]c(=O)c1I. The van der Waals surface area contributed by atoms with Crippen LogP contribution in [0.3, 0.4) is 0 Å². The highest BCUT2D eigenvalue weighted by Gasteiger charge is 2.08. The number of hydrogen-bond donors (Lipinski definition) is 2. The minimum Gasteiger partial charge on any atom is -0.495 e. The van der Waals surface area contributed by atoms with Crippen molar-refractivity contribution < 1.29 is 4.74 Å². The molecule has 1 aromatic heterocycles. The van der Waals surface area contributed by atoms with Crippen LogP contribution in [0, 0.1) is 10.5 Å². The number of H-pyrrole nitrogens is 1. The molecule has 0 unspecified atom stereocenters. The van der Waals surface area contributed by atoms with E-state index in [0.717, 1.165) is 11.3 Å². The number of hydrogen-bond acceptors (Lipinski definition) is 4. The van der Waals surface area contributed by atoms with Gasteiger partial charge in [0, 0.05) is 0 Å². The molecular formula is C12H12IN3O2. The fourth-order valence-corrected chi connectivity index (χ4v) is 1.95. The molecule has 0 aliphatic heterocycles. The summed E-state index contributed by atoms with van der Waals surface area (Å²) in [6.45, 7) is 1.99. The predicted octanol–water partition coefficient (Wildman–Crippen LogP) is 2.44. The molecule has 6 heteroatoms. The van der Waals surface area contributed by atoms with Gasteiger partial charge in [0.2, 0.25) is 0 Å². The summed E-state index contributed by atoms with van der Waals surface area (Å²) >= 11 is 1.95. The first-order chi connectivity index (χ1) is 8.61. The molecule has 2 rings (SSSR count). The number of ether oxygens (including phenoxy) is 1. The maximum atomic E-state index is 11.5. The highest BCUT2D eigenvalue weighted by molar-refractivity contribution is 14.1. The highest BCUT2D eigenvalue weighted by atomic mass is 127. The Kier molecular flexibility index (Phi) is 3.85. The molecular weight excluding hydrogens is 345 g/mol. The number of rotatable bonds is 3. The minimum atomic E-state index is -0.167. The van der Waals surface area contributed by atoms with Gasteiger partial charge in [-0.3, -0.25) is 4.79 Å². The molecule has 0 saturated carbocycles. The number of aromatic amines is 1. The van der Waals surface area contributed by atoms with Crippen LogP contribution >= 0.6 is 22.6 Å². The van der Waals surface area contributed by atoms with Crippen LogP contribution in [0.1, 0.15) is 5.56 Å². The fourth-order valence-electron chi connectivity index (χ4n) is 1.52. The van der Waals surface area contributed by atoms with Gasteiger partial charge in [0.25, 0.3) is 5.56 Å². The lowest BCUT2D eigenvalue weighted by molar-refractivity contribution is 0.416. The Hall–Kier alpha value is -1.57. The number of methoxy groups -OCH3 is 1. The third kappa shape index (κ3) is 2.63. The second-order valence-corrected chi connectivity index (χ2v) is 4.80. The Morgan fingerprint density at radius 2 is 2.22 bits per heavy atom. The summed E-state index contributed by atoms with van der Waals surface area (Å²) in [6, 6.07) is 5.77. The molecule has 18 heavy (non-hydrogen) atoms. The topological polar surface area (TPSA) is 67.0 Å². The van der Waals surface area contributed by atoms with Crippen molar-refractivity contribution in [3.63, 3.8) is 0 Å². The van der Waals surface area contributed by atoms with Crippen molar-refractivity contribution >= 4 is 34.1 Å². The largest absolute Gasteiger partial charge is 0.495 e. The van der Waals surface area contributed by atoms with Gasteiger partial charge >= 0.3 is 0 Å². The van der Waals surface area contributed by atoms with Crippen LogP contribution in [-0.4, -0.2) is 17.1 Å². The Labute approximate surface area is 118 Å². The first kappa shape index (κ1) is 12.9. The van der Waals surface area contributed by atoms with Gasteiger partial charge < -0.3 is 15.0 Å². The molecule has 0 aliphatic carbocycles. The van der Waals surface area contributed by atoms with E-state index < -0.39 is 0 Å². The fraction of sp³-hybridized carbons (Fsp3) is 0.167. The number of aromatic nitrogens is 2. The van der Waals surface area contributed by atoms with E-state index in [4.69, 9.17) is 4.74 Å². The molecule has 0 aliphatic rings. The van der Waals surface area contributed by atoms with E-state index in [1.807, 2.05) is 47.7 Å². The zero-order valence-electron chi connectivity index (χ0n) is 9.95. The van der Waals surface area contributed by atoms with E-state index in [2.05, 4.69) is 15.3 Å². The van der Waals surface area contributed by atoms with E-state index in [1.165, 1.54) is 6.33 Å². The van der Waals surface area contributed by atoms with Crippen molar-refractivity contribution in [1.29, 1.82) is 0 Å². The highest BCUT2D eigenvalue weighted by Crippen LogP contribution is 2.28. The number of halogens is 1. The normalized spacial score (nSPS) is 10.2. The van der Waals surface area contributed by atoms with Gasteiger partial charge in [-0.25, -0.2) is 4.98 Å². The van der Waals surface area contributed by atoms with Crippen molar-refractivity contribution in [1.82, 2.24) is 9.97 Å². The molecule has 2 N–H and O–H groups in total. The summed E-state index contributed by atoms with van der Waals surface area (Å²) in [6.07, 6.45) is 1.37. The van der Waals surface area contributed by atoms with Crippen LogP contribution < -0.4 is 15.6 Å². The zero-order valence-corrected chi connectivity index (χ0v) is 12.1. The Balaban J connectivity index is 2.42. The van der Waals surface area contributed by atoms with Gasteiger partial charge in [-0.05, 0) is 47.2 Å². The molecule has 0 fully saturated rings. The first-order valence-electron chi connectivity index (χ1n) is 5.26. The lowest BCUT2D eigenvalue weighted by Gasteiger charge is -2.11. The van der Waals surface area contributed by atoms with E-state index >= 15 is 0 Å². The molecule has 1 aromatic carbocycles. The maximum absolute atomic E-state index is 11.5. The Morgan fingerprint density at radius 3 is 2.94 bits per heavy atom. The average molecular weight is 357 g/mol. The molecule has 0 saturated heterocycles. The number of benzene rings is 1. The lowest BCUT2D eigenvalue weighted by atomic mass is 10.2. The molecule has 2 aromatic rings. The molecule has 0 atom stereocenters. The molecule has 1 heterocycles. The molecule has 0 radical (unpaired) electrons. The molecule has 0 spiro atoms. The third-order valence-electron chi connectivity index (χ3n) is 2.40. The molecule has 5 nitrogen and oxygen atoms in total. The summed E-state index contributed by atoms with van der Waals surface area (Å²) in [4.78, 5) is 18.1. The Bertz CT molecular complexity index is 625. The summed E-state index contributed by atoms with van der Waals surface area (Å²) in [5.41, 5.74) is 1.71. The number of anilines is 2. The monoisotopic (exact) mass is 357 g/mol. The van der Waals surface area contributed by atoms with Crippen molar-refractivity contribution in [3.8, 4) is 5.75 Å². The third-order valence-corrected chi connectivity index (χ3v) is 3.41. The Morgan fingerprint density at radius 1 is 1.44 bits per heavy atom. The van der Waals surface area contributed by atoms with Crippen LogP contribution in [0.15, 0.2) is 29.3 Å². The summed E-state index contributed by atoms with van der Waals surface area (Å²) in [5.74, 6) is 1.22. The smallest absolute Gasteiger partial charge is 0.266 e. The van der Waals surface area contributed by atoms with E-state index in [1.54, 1.807) is 7.11 Å². The van der Waals surface area contributed by atoms with E-state index in [0.29, 0.717) is 15.1 Å². The van der Waals surface area contributed by atoms with Crippen LogP contribution in [0.4, 0.5) is 11.5 Å². The zero-order chi connectivity index (χ0) is 13.1. The van der Waals surface area contributed by atoms with E-state index in [-0.39, 0.29) is 5.56 Å². The summed E-state index contributed by atoms with van der Waals surface area (Å²) in [7, 11) is 1.60. The van der Waals surface area contributed by atoms with Gasteiger partial charge in [0.05, 0.1) is 19.1 Å². The number of nitrogens with zero attached hydrogens (tertiary/aromatic N) is 1. The lowest BCUT2D eigenvalue weighted by Crippen LogP contribution is -2.13. The second kappa shape index (κ2) is 5.38. The van der Waals surface area contributed by atoms with Gasteiger partial charge in [0.1, 0.15) is 9.32 Å². The van der Waals surface area contributed by atoms with Gasteiger partial charge in [-0.15, -0.1) is 0 Å². The second-order valence-electron chi connectivity index (χ2n) is 3.72. The standard InChI is InChI=1S/C12H12IN3O2/c1-7-3-4-9(18-2)8(5-7)16-11-10(13)12(17)15-6-14-11/h3-6H,1-2H3,(H2,14,15,16,17). The van der Waals surface area contributed by atoms with Gasteiger partial charge in [-0.2, -0.15) is 0 Å². The quantitative estimate of drug-likeness (QED) is 0.829. The predicted molar refractivity (Wildman–Crippen MR) is 78.6 cm³/mol. The minimum absolute atomic E-state index is 0.167. The molecule has 94 valence electrons. The van der Waals surface area contributed by atoms with Crippen molar-refractivity contribution in [2.45, 2.75) is 6.92 Å². The summed E-state index contributed by atoms with van der Waals surface area (Å²) < 4.78 is 5.78. The molecule has 0 bridgehead atoms. The summed E-state index contributed by atoms with van der Waals surface area (Å²) in [5, 5.41) is 3.11. The van der Waals surface area contributed by atoms with Crippen molar-refractivity contribution in [2.24, 2.45) is 0 Å². The van der Waals surface area contributed by atoms with Crippen LogP contribution in [0.5, 0.6) is 5.75 Å². The maximum Gasteiger partial charge on any atom is 0.266 e. The van der Waals surface area contributed by atoms with Crippen LogP contribution in [-0.2, 0) is 0 Å². The van der Waals surface area contributed by atoms with E-state index in [9.17, 15) is 4.79 Å². The van der Waals surface area contributed by atoms with Gasteiger partial charge in [0.15, 0.2) is 5.82 Å². The van der Waals surface area contributed by atoms with Crippen molar-refractivity contribution in [2.75, 3.05) is 12.4 Å². The van der Waals surface area contributed by atoms with Crippen LogP contribution in [0.25, 0.3) is 0 Å². The number of aryl methyl sites for hydroxylation is 1. The van der Waals surface area contributed by atoms with Crippen molar-refractivity contribution in [3.05, 3.63) is 44.0 Å². The average Bonchev–Trinajstić information content (AvgIpc) is 2.35.